The summed E-state index contributed by atoms with van der Waals surface area (Å²) in [6.07, 6.45) is 0.533. The number of H-pyrrole nitrogens is 1. The maximum Gasteiger partial charge on any atom is 0.273 e. The second kappa shape index (κ2) is 6.16. The van der Waals surface area contributed by atoms with Gasteiger partial charge in [-0.25, -0.2) is 0 Å². The van der Waals surface area contributed by atoms with Gasteiger partial charge in [-0.15, -0.1) is 0 Å². The molecule has 0 fully saturated rings. The summed E-state index contributed by atoms with van der Waals surface area (Å²) in [5.74, 6) is 0.0364. The lowest BCUT2D eigenvalue weighted by molar-refractivity contribution is 0.0928. The zero-order valence-electron chi connectivity index (χ0n) is 10.2. The van der Waals surface area contributed by atoms with Crippen LogP contribution in [0.15, 0.2) is 4.47 Å². The van der Waals surface area contributed by atoms with Crippen molar-refractivity contribution in [3.63, 3.8) is 0 Å². The van der Waals surface area contributed by atoms with Crippen LogP contribution in [-0.2, 0) is 0 Å². The van der Waals surface area contributed by atoms with Crippen molar-refractivity contribution in [2.75, 3.05) is 6.61 Å². The number of carbonyl (C=O) groups is 1. The van der Waals surface area contributed by atoms with E-state index in [0.29, 0.717) is 16.6 Å². The Morgan fingerprint density at radius 2 is 2.18 bits per heavy atom. The highest BCUT2D eigenvalue weighted by atomic mass is 79.9. The summed E-state index contributed by atoms with van der Waals surface area (Å²) in [6, 6.07) is -0.0707. The number of halogens is 1. The van der Waals surface area contributed by atoms with Gasteiger partial charge < -0.3 is 10.4 Å². The summed E-state index contributed by atoms with van der Waals surface area (Å²) in [4.78, 5) is 11.9. The molecule has 0 bridgehead atoms. The lowest BCUT2D eigenvalue weighted by Gasteiger charge is -2.11. The van der Waals surface area contributed by atoms with Crippen LogP contribution in [0.3, 0.4) is 0 Å². The number of nitrogens with one attached hydrogen (secondary N) is 2. The fourth-order valence-electron chi connectivity index (χ4n) is 1.43. The van der Waals surface area contributed by atoms with Crippen LogP contribution in [-0.4, -0.2) is 33.9 Å². The third-order valence-corrected chi connectivity index (χ3v) is 3.27. The number of amides is 1. The molecule has 0 aliphatic carbocycles. The Morgan fingerprint density at radius 1 is 1.53 bits per heavy atom. The van der Waals surface area contributed by atoms with Crippen molar-refractivity contribution in [1.29, 1.82) is 0 Å². The molecule has 0 aromatic carbocycles. The summed E-state index contributed by atoms with van der Waals surface area (Å²) in [5, 5.41) is 18.4. The van der Waals surface area contributed by atoms with Gasteiger partial charge in [-0.05, 0) is 35.2 Å². The predicted octanol–water partition coefficient (Wildman–Crippen LogP) is 1.80. The molecule has 0 radical (unpaired) electrons. The first-order valence-electron chi connectivity index (χ1n) is 5.62. The molecule has 1 heterocycles. The van der Waals surface area contributed by atoms with Crippen molar-refractivity contribution in [3.8, 4) is 0 Å². The predicted molar refractivity (Wildman–Crippen MR) is 69.0 cm³/mol. The standard InChI is InChI=1S/C11H18BrN3O2/c1-6(2)9-8(12)10(15-14-9)11(17)13-7(3)4-5-16/h6-7,16H,4-5H2,1-3H3,(H,13,17)(H,14,15). The van der Waals surface area contributed by atoms with Crippen LogP contribution in [0.4, 0.5) is 0 Å². The molecule has 5 nitrogen and oxygen atoms in total. The molecular weight excluding hydrogens is 286 g/mol. The molecule has 1 atom stereocenters. The quantitative estimate of drug-likeness (QED) is 0.776. The fraction of sp³-hybridized carbons (Fsp3) is 0.636. The van der Waals surface area contributed by atoms with Gasteiger partial charge in [0.05, 0.1) is 10.2 Å². The lowest BCUT2D eigenvalue weighted by Crippen LogP contribution is -2.33. The van der Waals surface area contributed by atoms with E-state index in [2.05, 4.69) is 31.4 Å². The summed E-state index contributed by atoms with van der Waals surface area (Å²) < 4.78 is 0.709. The molecule has 17 heavy (non-hydrogen) atoms. The highest BCUT2D eigenvalue weighted by Crippen LogP contribution is 2.25. The second-order valence-corrected chi connectivity index (χ2v) is 5.13. The van der Waals surface area contributed by atoms with Crippen molar-refractivity contribution >= 4 is 21.8 Å². The summed E-state index contributed by atoms with van der Waals surface area (Å²) in [6.45, 7) is 5.95. The molecule has 0 spiro atoms. The zero-order chi connectivity index (χ0) is 13.0. The first-order valence-corrected chi connectivity index (χ1v) is 6.42. The third kappa shape index (κ3) is 3.54. The van der Waals surface area contributed by atoms with Gasteiger partial charge in [-0.1, -0.05) is 13.8 Å². The van der Waals surface area contributed by atoms with Crippen molar-refractivity contribution < 1.29 is 9.90 Å². The van der Waals surface area contributed by atoms with Gasteiger partial charge in [0.1, 0.15) is 0 Å². The normalized spacial score (nSPS) is 12.8. The molecule has 6 heteroatoms. The second-order valence-electron chi connectivity index (χ2n) is 4.34. The van der Waals surface area contributed by atoms with E-state index in [0.717, 1.165) is 5.69 Å². The van der Waals surface area contributed by atoms with Crippen LogP contribution in [0, 0.1) is 0 Å². The van der Waals surface area contributed by atoms with Crippen molar-refractivity contribution in [2.24, 2.45) is 0 Å². The molecule has 1 rings (SSSR count). The zero-order valence-corrected chi connectivity index (χ0v) is 11.8. The number of aliphatic hydroxyl groups excluding tert-OH is 1. The van der Waals surface area contributed by atoms with E-state index >= 15 is 0 Å². The molecule has 1 aromatic rings. The van der Waals surface area contributed by atoms with E-state index in [-0.39, 0.29) is 24.5 Å². The minimum absolute atomic E-state index is 0.0560. The summed E-state index contributed by atoms with van der Waals surface area (Å²) in [7, 11) is 0. The van der Waals surface area contributed by atoms with Crippen molar-refractivity contribution in [3.05, 3.63) is 15.9 Å². The molecule has 0 aliphatic rings. The van der Waals surface area contributed by atoms with Crippen LogP contribution < -0.4 is 5.32 Å². The summed E-state index contributed by atoms with van der Waals surface area (Å²) in [5.41, 5.74) is 1.27. The van der Waals surface area contributed by atoms with Gasteiger partial charge in [0.2, 0.25) is 0 Å². The maximum atomic E-state index is 11.9. The SMILES string of the molecule is CC(CCO)NC(=O)c1n[nH]c(C(C)C)c1Br. The van der Waals surface area contributed by atoms with E-state index in [1.807, 2.05) is 20.8 Å². The minimum atomic E-state index is -0.235. The van der Waals surface area contributed by atoms with Gasteiger partial charge in [-0.3, -0.25) is 9.89 Å². The van der Waals surface area contributed by atoms with Crippen molar-refractivity contribution in [1.82, 2.24) is 15.5 Å². The number of aliphatic hydroxyl groups is 1. The molecule has 1 aromatic heterocycles. The average Bonchev–Trinajstić information content (AvgIpc) is 2.60. The Morgan fingerprint density at radius 3 is 2.65 bits per heavy atom. The van der Waals surface area contributed by atoms with E-state index in [9.17, 15) is 4.79 Å². The van der Waals surface area contributed by atoms with Crippen LogP contribution >= 0.6 is 15.9 Å². The number of carbonyl (C=O) groups excluding carboxylic acids is 1. The average molecular weight is 304 g/mol. The van der Waals surface area contributed by atoms with Crippen LogP contribution in [0.1, 0.15) is 49.3 Å². The molecule has 0 aliphatic heterocycles. The molecule has 0 saturated heterocycles. The first-order chi connectivity index (χ1) is 7.97. The molecule has 0 saturated carbocycles. The molecule has 3 N–H and O–H groups in total. The summed E-state index contributed by atoms with van der Waals surface area (Å²) >= 11 is 3.38. The van der Waals surface area contributed by atoms with E-state index < -0.39 is 0 Å². The van der Waals surface area contributed by atoms with E-state index in [1.165, 1.54) is 0 Å². The first kappa shape index (κ1) is 14.2. The number of hydrogen-bond acceptors (Lipinski definition) is 3. The monoisotopic (exact) mass is 303 g/mol. The van der Waals surface area contributed by atoms with Gasteiger partial charge in [0.15, 0.2) is 5.69 Å². The van der Waals surface area contributed by atoms with Crippen LogP contribution in [0.5, 0.6) is 0 Å². The number of rotatable bonds is 5. The van der Waals surface area contributed by atoms with E-state index in [4.69, 9.17) is 5.11 Å². The van der Waals surface area contributed by atoms with Crippen molar-refractivity contribution in [2.45, 2.75) is 39.2 Å². The number of aromatic amines is 1. The van der Waals surface area contributed by atoms with E-state index in [1.54, 1.807) is 0 Å². The Balaban J connectivity index is 2.76. The Labute approximate surface area is 109 Å². The number of nitrogens with zero attached hydrogens (tertiary/aromatic N) is 1. The minimum Gasteiger partial charge on any atom is -0.396 e. The van der Waals surface area contributed by atoms with Gasteiger partial charge >= 0.3 is 0 Å². The Kier molecular flexibility index (Phi) is 5.14. The van der Waals surface area contributed by atoms with Crippen LogP contribution in [0.25, 0.3) is 0 Å². The largest absolute Gasteiger partial charge is 0.396 e. The lowest BCUT2D eigenvalue weighted by atomic mass is 10.1. The van der Waals surface area contributed by atoms with Gasteiger partial charge in [0.25, 0.3) is 5.91 Å². The molecule has 96 valence electrons. The number of aromatic nitrogens is 2. The molecule has 1 unspecified atom stereocenters. The molecule has 1 amide bonds. The van der Waals surface area contributed by atoms with Gasteiger partial charge in [0, 0.05) is 12.6 Å². The van der Waals surface area contributed by atoms with Crippen LogP contribution in [0.2, 0.25) is 0 Å². The van der Waals surface area contributed by atoms with Gasteiger partial charge in [-0.2, -0.15) is 5.10 Å². The Bertz CT molecular complexity index is 390. The topological polar surface area (TPSA) is 78.0 Å². The maximum absolute atomic E-state index is 11.9. The molecular formula is C11H18BrN3O2. The third-order valence-electron chi connectivity index (χ3n) is 2.46. The highest BCUT2D eigenvalue weighted by molar-refractivity contribution is 9.10. The smallest absolute Gasteiger partial charge is 0.273 e. The number of hydrogen-bond donors (Lipinski definition) is 3. The highest BCUT2D eigenvalue weighted by Gasteiger charge is 2.20. The Hall–Kier alpha value is -0.880. The fourth-order valence-corrected chi connectivity index (χ4v) is 2.25.